The first-order chi connectivity index (χ1) is 6.81. The Balaban J connectivity index is 2.74. The molecule has 0 N–H and O–H groups in total. The largest absolute Gasteiger partial charge is 0.0651 e. The van der Waals surface area contributed by atoms with E-state index in [1.54, 1.807) is 5.56 Å². The van der Waals surface area contributed by atoms with Crippen molar-refractivity contribution in [2.45, 2.75) is 46.5 Å². The third kappa shape index (κ3) is 2.87. The molecule has 0 bridgehead atoms. The van der Waals surface area contributed by atoms with E-state index in [4.69, 9.17) is 0 Å². The summed E-state index contributed by atoms with van der Waals surface area (Å²) in [6, 6.07) is 8.86. The van der Waals surface area contributed by atoms with Crippen LogP contribution in [0.3, 0.4) is 0 Å². The molecule has 0 aliphatic heterocycles. The molecule has 0 aromatic heterocycles. The number of hydrogen-bond acceptors (Lipinski definition) is 0. The number of aryl methyl sites for hydroxylation is 1. The van der Waals surface area contributed by atoms with E-state index in [1.807, 2.05) is 0 Å². The quantitative estimate of drug-likeness (QED) is 0.652. The number of rotatable bonds is 5. The Hall–Kier alpha value is -0.780. The first-order valence-corrected chi connectivity index (χ1v) is 5.88. The van der Waals surface area contributed by atoms with Crippen molar-refractivity contribution < 1.29 is 0 Å². The van der Waals surface area contributed by atoms with Crippen LogP contribution in [0.4, 0.5) is 0 Å². The van der Waals surface area contributed by atoms with Gasteiger partial charge in [-0.2, -0.15) is 0 Å². The van der Waals surface area contributed by atoms with Gasteiger partial charge in [0.1, 0.15) is 0 Å². The van der Waals surface area contributed by atoms with Crippen molar-refractivity contribution >= 4 is 0 Å². The lowest BCUT2D eigenvalue weighted by Crippen LogP contribution is -2.03. The lowest BCUT2D eigenvalue weighted by atomic mass is 9.91. The molecule has 1 aromatic carbocycles. The van der Waals surface area contributed by atoms with Crippen molar-refractivity contribution in [3.8, 4) is 0 Å². The molecule has 14 heavy (non-hydrogen) atoms. The maximum atomic E-state index is 2.29. The third-order valence-electron chi connectivity index (χ3n) is 3.16. The van der Waals surface area contributed by atoms with Gasteiger partial charge in [0, 0.05) is 0 Å². The molecule has 0 unspecified atom stereocenters. The summed E-state index contributed by atoms with van der Waals surface area (Å²) in [6.45, 7) is 6.83. The maximum Gasteiger partial charge on any atom is -0.0248 e. The van der Waals surface area contributed by atoms with E-state index >= 15 is 0 Å². The van der Waals surface area contributed by atoms with Crippen LogP contribution >= 0.6 is 0 Å². The van der Waals surface area contributed by atoms with Crippen LogP contribution in [0.15, 0.2) is 24.3 Å². The smallest absolute Gasteiger partial charge is 0.0248 e. The fourth-order valence-electron chi connectivity index (χ4n) is 1.99. The molecule has 0 radical (unpaired) electrons. The summed E-state index contributed by atoms with van der Waals surface area (Å²) in [4.78, 5) is 0. The molecular weight excluding hydrogens is 168 g/mol. The van der Waals surface area contributed by atoms with Gasteiger partial charge < -0.3 is 0 Å². The molecule has 0 spiro atoms. The highest BCUT2D eigenvalue weighted by Gasteiger charge is 2.07. The van der Waals surface area contributed by atoms with Gasteiger partial charge in [-0.25, -0.2) is 0 Å². The number of hydrogen-bond donors (Lipinski definition) is 0. The Morgan fingerprint density at radius 3 is 2.00 bits per heavy atom. The molecule has 1 aromatic rings. The third-order valence-corrected chi connectivity index (χ3v) is 3.16. The SMILES string of the molecule is CCc1ccccc1CC(CC)CC. The predicted octanol–water partition coefficient (Wildman–Crippen LogP) is 4.23. The van der Waals surface area contributed by atoms with E-state index in [0.29, 0.717) is 0 Å². The molecule has 0 aliphatic carbocycles. The summed E-state index contributed by atoms with van der Waals surface area (Å²) in [7, 11) is 0. The van der Waals surface area contributed by atoms with E-state index < -0.39 is 0 Å². The summed E-state index contributed by atoms with van der Waals surface area (Å²) >= 11 is 0. The second-order valence-electron chi connectivity index (χ2n) is 4.01. The van der Waals surface area contributed by atoms with Crippen molar-refractivity contribution in [2.75, 3.05) is 0 Å². The van der Waals surface area contributed by atoms with E-state index in [-0.39, 0.29) is 0 Å². The standard InChI is InChI=1S/C14H22/c1-4-12(5-2)11-14-10-8-7-9-13(14)6-3/h7-10,12H,4-6,11H2,1-3H3. The lowest BCUT2D eigenvalue weighted by Gasteiger charge is -2.14. The minimum absolute atomic E-state index is 0.864. The Morgan fingerprint density at radius 1 is 0.929 bits per heavy atom. The van der Waals surface area contributed by atoms with Gasteiger partial charge in [0.15, 0.2) is 0 Å². The first-order valence-electron chi connectivity index (χ1n) is 5.88. The Morgan fingerprint density at radius 2 is 1.50 bits per heavy atom. The van der Waals surface area contributed by atoms with E-state index in [1.165, 1.54) is 24.8 Å². The summed E-state index contributed by atoms with van der Waals surface area (Å²) in [5.74, 6) is 0.864. The number of benzene rings is 1. The van der Waals surface area contributed by atoms with Crippen LogP contribution in [-0.2, 0) is 12.8 Å². The summed E-state index contributed by atoms with van der Waals surface area (Å²) in [6.07, 6.45) is 5.02. The average Bonchev–Trinajstić information content (AvgIpc) is 2.26. The zero-order valence-corrected chi connectivity index (χ0v) is 9.72. The predicted molar refractivity (Wildman–Crippen MR) is 63.6 cm³/mol. The van der Waals surface area contributed by atoms with Gasteiger partial charge in [-0.3, -0.25) is 0 Å². The van der Waals surface area contributed by atoms with Crippen LogP contribution in [0, 0.1) is 5.92 Å². The summed E-state index contributed by atoms with van der Waals surface area (Å²) < 4.78 is 0. The van der Waals surface area contributed by atoms with Crippen molar-refractivity contribution in [3.05, 3.63) is 35.4 Å². The van der Waals surface area contributed by atoms with Gasteiger partial charge in [-0.05, 0) is 29.9 Å². The molecule has 0 fully saturated rings. The van der Waals surface area contributed by atoms with Gasteiger partial charge in [-0.15, -0.1) is 0 Å². The molecule has 0 saturated heterocycles. The maximum absolute atomic E-state index is 2.29. The fourth-order valence-corrected chi connectivity index (χ4v) is 1.99. The minimum Gasteiger partial charge on any atom is -0.0651 e. The second kappa shape index (κ2) is 5.85. The van der Waals surface area contributed by atoms with Crippen molar-refractivity contribution in [1.82, 2.24) is 0 Å². The molecule has 0 amide bonds. The molecule has 1 rings (SSSR count). The molecule has 0 aliphatic rings. The Kier molecular flexibility index (Phi) is 4.72. The molecule has 0 atom stereocenters. The average molecular weight is 190 g/mol. The second-order valence-corrected chi connectivity index (χ2v) is 4.01. The van der Waals surface area contributed by atoms with Crippen LogP contribution in [0.2, 0.25) is 0 Å². The molecule has 0 saturated carbocycles. The molecule has 0 heteroatoms. The van der Waals surface area contributed by atoms with Gasteiger partial charge in [-0.1, -0.05) is 57.9 Å². The van der Waals surface area contributed by atoms with Crippen molar-refractivity contribution in [3.63, 3.8) is 0 Å². The Bertz CT molecular complexity index is 258. The molecule has 78 valence electrons. The van der Waals surface area contributed by atoms with Gasteiger partial charge in [0.25, 0.3) is 0 Å². The zero-order chi connectivity index (χ0) is 10.4. The van der Waals surface area contributed by atoms with Crippen molar-refractivity contribution in [2.24, 2.45) is 5.92 Å². The highest BCUT2D eigenvalue weighted by molar-refractivity contribution is 5.27. The van der Waals surface area contributed by atoms with Crippen LogP contribution < -0.4 is 0 Å². The Labute approximate surface area is 88.4 Å². The van der Waals surface area contributed by atoms with E-state index in [2.05, 4.69) is 45.0 Å². The molecule has 0 nitrogen and oxygen atoms in total. The summed E-state index contributed by atoms with van der Waals surface area (Å²) in [5, 5.41) is 0. The van der Waals surface area contributed by atoms with Crippen LogP contribution in [0.5, 0.6) is 0 Å². The molecular formula is C14H22. The van der Waals surface area contributed by atoms with Crippen LogP contribution in [0.1, 0.15) is 44.7 Å². The molecule has 0 heterocycles. The first kappa shape index (κ1) is 11.3. The van der Waals surface area contributed by atoms with Crippen LogP contribution in [0.25, 0.3) is 0 Å². The summed E-state index contributed by atoms with van der Waals surface area (Å²) in [5.41, 5.74) is 3.09. The van der Waals surface area contributed by atoms with Gasteiger partial charge >= 0.3 is 0 Å². The van der Waals surface area contributed by atoms with E-state index in [0.717, 1.165) is 12.3 Å². The zero-order valence-electron chi connectivity index (χ0n) is 9.72. The van der Waals surface area contributed by atoms with Gasteiger partial charge in [0.2, 0.25) is 0 Å². The monoisotopic (exact) mass is 190 g/mol. The van der Waals surface area contributed by atoms with E-state index in [9.17, 15) is 0 Å². The van der Waals surface area contributed by atoms with Crippen molar-refractivity contribution in [1.29, 1.82) is 0 Å². The topological polar surface area (TPSA) is 0 Å². The van der Waals surface area contributed by atoms with Gasteiger partial charge in [0.05, 0.1) is 0 Å². The highest BCUT2D eigenvalue weighted by atomic mass is 14.1. The van der Waals surface area contributed by atoms with Crippen LogP contribution in [-0.4, -0.2) is 0 Å². The normalized spacial score (nSPS) is 10.9. The minimum atomic E-state index is 0.864. The highest BCUT2D eigenvalue weighted by Crippen LogP contribution is 2.18. The fraction of sp³-hybridized carbons (Fsp3) is 0.571. The lowest BCUT2D eigenvalue weighted by molar-refractivity contribution is 0.489.